The Labute approximate surface area is 211 Å². The van der Waals surface area contributed by atoms with E-state index in [2.05, 4.69) is 20.6 Å². The Morgan fingerprint density at radius 3 is 2.62 bits per heavy atom. The van der Waals surface area contributed by atoms with E-state index in [0.29, 0.717) is 35.6 Å². The number of pyridine rings is 2. The molecular formula is C27H24F2N4O4. The van der Waals surface area contributed by atoms with Crippen LogP contribution < -0.4 is 24.8 Å². The van der Waals surface area contributed by atoms with Gasteiger partial charge in [-0.25, -0.2) is 8.78 Å². The van der Waals surface area contributed by atoms with Crippen molar-refractivity contribution in [1.82, 2.24) is 15.3 Å². The lowest BCUT2D eigenvalue weighted by atomic mass is 10.2. The topological polar surface area (TPSA) is 94.6 Å². The summed E-state index contributed by atoms with van der Waals surface area (Å²) in [6.07, 6.45) is 6.25. The van der Waals surface area contributed by atoms with Crippen LogP contribution in [-0.2, 0) is 0 Å². The van der Waals surface area contributed by atoms with E-state index in [1.165, 1.54) is 30.7 Å². The fourth-order valence-corrected chi connectivity index (χ4v) is 3.62. The Balaban J connectivity index is 1.34. The molecule has 0 spiro atoms. The average Bonchev–Trinajstić information content (AvgIpc) is 3.71. The van der Waals surface area contributed by atoms with Gasteiger partial charge in [-0.2, -0.15) is 0 Å². The van der Waals surface area contributed by atoms with Crippen molar-refractivity contribution >= 4 is 22.5 Å². The maximum atomic E-state index is 15.0. The summed E-state index contributed by atoms with van der Waals surface area (Å²) < 4.78 is 46.9. The van der Waals surface area contributed by atoms with Crippen LogP contribution in [0.15, 0.2) is 61.1 Å². The minimum atomic E-state index is -0.975. The molecule has 2 heterocycles. The van der Waals surface area contributed by atoms with Gasteiger partial charge in [0, 0.05) is 48.2 Å². The van der Waals surface area contributed by atoms with Crippen LogP contribution in [-0.4, -0.2) is 42.2 Å². The number of hydrogen-bond acceptors (Lipinski definition) is 7. The SMILES string of the molecule is CNCCOc1ccc2c(Oc3c(F)cc(NC(=O)c4ccncc4OC4CC4)cc3F)ccnc2c1. The Hall–Kier alpha value is -4.31. The van der Waals surface area contributed by atoms with Gasteiger partial charge in [-0.15, -0.1) is 0 Å². The summed E-state index contributed by atoms with van der Waals surface area (Å²) in [6.45, 7) is 1.16. The molecule has 1 fully saturated rings. The van der Waals surface area contributed by atoms with Crippen molar-refractivity contribution in [3.8, 4) is 23.0 Å². The van der Waals surface area contributed by atoms with Gasteiger partial charge in [0.1, 0.15) is 18.1 Å². The first-order valence-corrected chi connectivity index (χ1v) is 11.8. The maximum absolute atomic E-state index is 15.0. The number of amides is 1. The first-order valence-electron chi connectivity index (χ1n) is 11.8. The molecule has 0 unspecified atom stereocenters. The Kier molecular flexibility index (Phi) is 7.09. The normalized spacial score (nSPS) is 12.8. The van der Waals surface area contributed by atoms with Gasteiger partial charge < -0.3 is 24.8 Å². The molecule has 0 radical (unpaired) electrons. The molecule has 0 aliphatic heterocycles. The standard InChI is InChI=1S/C27H24F2N4O4/c1-30-10-11-35-18-4-5-19-23(14-18)32-9-7-24(19)37-26-21(28)12-16(13-22(26)29)33-27(34)20-6-8-31-15-25(20)36-17-2-3-17/h4-9,12-15,17,30H,2-3,10-11H2,1H3,(H,33,34). The first-order chi connectivity index (χ1) is 18.0. The first kappa shape index (κ1) is 24.4. The van der Waals surface area contributed by atoms with Crippen molar-refractivity contribution in [2.75, 3.05) is 25.5 Å². The third-order valence-electron chi connectivity index (χ3n) is 5.61. The van der Waals surface area contributed by atoms with Crippen LogP contribution in [0.2, 0.25) is 0 Å². The maximum Gasteiger partial charge on any atom is 0.259 e. The average molecular weight is 507 g/mol. The number of nitrogens with one attached hydrogen (secondary N) is 2. The number of rotatable bonds is 10. The summed E-state index contributed by atoms with van der Waals surface area (Å²) >= 11 is 0. The highest BCUT2D eigenvalue weighted by Crippen LogP contribution is 2.35. The Morgan fingerprint density at radius 2 is 1.86 bits per heavy atom. The van der Waals surface area contributed by atoms with Crippen molar-refractivity contribution in [1.29, 1.82) is 0 Å². The number of benzene rings is 2. The van der Waals surface area contributed by atoms with Crippen LogP contribution in [0.1, 0.15) is 23.2 Å². The third kappa shape index (κ3) is 5.75. The molecule has 1 aliphatic rings. The van der Waals surface area contributed by atoms with E-state index >= 15 is 0 Å². The smallest absolute Gasteiger partial charge is 0.259 e. The number of fused-ring (bicyclic) bond motifs is 1. The van der Waals surface area contributed by atoms with Gasteiger partial charge in [-0.1, -0.05) is 0 Å². The van der Waals surface area contributed by atoms with Crippen LogP contribution in [0.25, 0.3) is 10.9 Å². The van der Waals surface area contributed by atoms with Gasteiger partial charge >= 0.3 is 0 Å². The highest BCUT2D eigenvalue weighted by atomic mass is 19.1. The molecule has 1 saturated carbocycles. The molecule has 2 N–H and O–H groups in total. The van der Waals surface area contributed by atoms with E-state index in [0.717, 1.165) is 25.0 Å². The minimum absolute atomic E-state index is 0.0591. The van der Waals surface area contributed by atoms with Crippen molar-refractivity contribution in [2.24, 2.45) is 0 Å². The molecule has 190 valence electrons. The minimum Gasteiger partial charge on any atom is -0.492 e. The van der Waals surface area contributed by atoms with E-state index in [-0.39, 0.29) is 23.1 Å². The summed E-state index contributed by atoms with van der Waals surface area (Å²) in [5, 5.41) is 6.06. The molecule has 5 rings (SSSR count). The highest BCUT2D eigenvalue weighted by molar-refractivity contribution is 6.06. The van der Waals surface area contributed by atoms with Gasteiger partial charge in [-0.3, -0.25) is 14.8 Å². The molecule has 0 atom stereocenters. The van der Waals surface area contributed by atoms with Crippen molar-refractivity contribution in [2.45, 2.75) is 18.9 Å². The second kappa shape index (κ2) is 10.8. The lowest BCUT2D eigenvalue weighted by Gasteiger charge is -2.14. The lowest BCUT2D eigenvalue weighted by Crippen LogP contribution is -2.15. The van der Waals surface area contributed by atoms with E-state index < -0.39 is 23.3 Å². The number of carbonyl (C=O) groups is 1. The van der Waals surface area contributed by atoms with E-state index in [1.807, 2.05) is 7.05 Å². The van der Waals surface area contributed by atoms with Gasteiger partial charge in [0.2, 0.25) is 0 Å². The van der Waals surface area contributed by atoms with E-state index in [4.69, 9.17) is 14.2 Å². The predicted octanol–water partition coefficient (Wildman–Crippen LogP) is 5.09. The molecule has 2 aromatic heterocycles. The number of likely N-dealkylation sites (N-methyl/N-ethyl adjacent to an activating group) is 1. The van der Waals surface area contributed by atoms with Gasteiger partial charge in [0.05, 0.1) is 23.4 Å². The Morgan fingerprint density at radius 1 is 1.05 bits per heavy atom. The van der Waals surface area contributed by atoms with Crippen LogP contribution in [0.5, 0.6) is 23.0 Å². The zero-order valence-corrected chi connectivity index (χ0v) is 20.0. The molecule has 0 bridgehead atoms. The summed E-state index contributed by atoms with van der Waals surface area (Å²) in [7, 11) is 1.83. The van der Waals surface area contributed by atoms with Gasteiger partial charge in [0.15, 0.2) is 23.1 Å². The summed E-state index contributed by atoms with van der Waals surface area (Å²) in [4.78, 5) is 21.1. The monoisotopic (exact) mass is 506 g/mol. The number of nitrogens with zero attached hydrogens (tertiary/aromatic N) is 2. The van der Waals surface area contributed by atoms with E-state index in [9.17, 15) is 13.6 Å². The highest BCUT2D eigenvalue weighted by Gasteiger charge is 2.26. The van der Waals surface area contributed by atoms with Gasteiger partial charge in [0.25, 0.3) is 5.91 Å². The van der Waals surface area contributed by atoms with Crippen molar-refractivity contribution in [3.63, 3.8) is 0 Å². The van der Waals surface area contributed by atoms with Crippen LogP contribution >= 0.6 is 0 Å². The van der Waals surface area contributed by atoms with Crippen molar-refractivity contribution < 1.29 is 27.8 Å². The van der Waals surface area contributed by atoms with Crippen LogP contribution in [0, 0.1) is 11.6 Å². The van der Waals surface area contributed by atoms with Gasteiger partial charge in [-0.05, 0) is 44.2 Å². The summed E-state index contributed by atoms with van der Waals surface area (Å²) in [5.74, 6) is -1.96. The van der Waals surface area contributed by atoms with Crippen molar-refractivity contribution in [3.05, 3.63) is 78.3 Å². The zero-order valence-electron chi connectivity index (χ0n) is 20.0. The molecule has 4 aromatic rings. The second-order valence-electron chi connectivity index (χ2n) is 8.45. The largest absolute Gasteiger partial charge is 0.492 e. The second-order valence-corrected chi connectivity index (χ2v) is 8.45. The number of aromatic nitrogens is 2. The number of carbonyl (C=O) groups excluding carboxylic acids is 1. The Bertz CT molecular complexity index is 1420. The molecule has 1 amide bonds. The molecule has 0 saturated heterocycles. The fourth-order valence-electron chi connectivity index (χ4n) is 3.62. The molecular weight excluding hydrogens is 482 g/mol. The quantitative estimate of drug-likeness (QED) is 0.289. The zero-order chi connectivity index (χ0) is 25.8. The molecule has 1 aliphatic carbocycles. The molecule has 10 heteroatoms. The number of halogens is 2. The molecule has 37 heavy (non-hydrogen) atoms. The fraction of sp³-hybridized carbons (Fsp3) is 0.222. The lowest BCUT2D eigenvalue weighted by molar-refractivity contribution is 0.102. The predicted molar refractivity (Wildman–Crippen MR) is 133 cm³/mol. The third-order valence-corrected chi connectivity index (χ3v) is 5.61. The number of anilines is 1. The summed E-state index contributed by atoms with van der Waals surface area (Å²) in [6, 6.07) is 10.2. The number of ether oxygens (including phenoxy) is 3. The molecule has 8 nitrogen and oxygen atoms in total. The summed E-state index contributed by atoms with van der Waals surface area (Å²) in [5.41, 5.74) is 0.704. The van der Waals surface area contributed by atoms with Crippen LogP contribution in [0.3, 0.4) is 0 Å². The number of hydrogen-bond donors (Lipinski definition) is 2. The van der Waals surface area contributed by atoms with E-state index in [1.54, 1.807) is 18.2 Å². The van der Waals surface area contributed by atoms with Crippen LogP contribution in [0.4, 0.5) is 14.5 Å². The molecule has 2 aromatic carbocycles.